The van der Waals surface area contributed by atoms with Gasteiger partial charge in [0, 0.05) is 5.57 Å². The summed E-state index contributed by atoms with van der Waals surface area (Å²) in [7, 11) is 0. The number of hydrogen-bond donors (Lipinski definition) is 1. The molecule has 0 aliphatic heterocycles. The highest BCUT2D eigenvalue weighted by Gasteiger charge is 2.30. The minimum absolute atomic E-state index is 0.200. The van der Waals surface area contributed by atoms with E-state index in [0.29, 0.717) is 11.8 Å². The van der Waals surface area contributed by atoms with E-state index in [1.54, 1.807) is 0 Å². The number of primary amides is 1. The number of hydrogen-bond acceptors (Lipinski definition) is 1. The molecule has 2 heteroatoms. The maximum absolute atomic E-state index is 11.4. The van der Waals surface area contributed by atoms with Crippen molar-refractivity contribution in [3.05, 3.63) is 11.1 Å². The maximum Gasteiger partial charge on any atom is 0.244 e. The van der Waals surface area contributed by atoms with Gasteiger partial charge in [0.2, 0.25) is 5.91 Å². The zero-order valence-electron chi connectivity index (χ0n) is 10.3. The first-order valence-corrected chi connectivity index (χ1v) is 6.70. The van der Waals surface area contributed by atoms with E-state index >= 15 is 0 Å². The van der Waals surface area contributed by atoms with Gasteiger partial charge < -0.3 is 5.73 Å². The number of nitrogens with two attached hydrogens (primary N) is 1. The molecular weight excluding hydrogens is 198 g/mol. The molecule has 0 aromatic heterocycles. The van der Waals surface area contributed by atoms with Gasteiger partial charge in [0.05, 0.1) is 0 Å². The normalized spacial score (nSPS) is 22.6. The van der Waals surface area contributed by atoms with Crippen molar-refractivity contribution in [1.29, 1.82) is 0 Å². The van der Waals surface area contributed by atoms with Crippen LogP contribution in [0.2, 0.25) is 0 Å². The first-order chi connectivity index (χ1) is 7.70. The molecule has 0 aromatic carbocycles. The molecule has 0 aromatic rings. The van der Waals surface area contributed by atoms with Crippen LogP contribution in [0.4, 0.5) is 0 Å². The van der Waals surface area contributed by atoms with E-state index in [1.165, 1.54) is 56.9 Å². The van der Waals surface area contributed by atoms with E-state index < -0.39 is 0 Å². The number of allylic oxidation sites excluding steroid dienone is 1. The van der Waals surface area contributed by atoms with Gasteiger partial charge in [-0.05, 0) is 44.4 Å². The lowest BCUT2D eigenvalue weighted by Gasteiger charge is -2.23. The smallest absolute Gasteiger partial charge is 0.244 e. The summed E-state index contributed by atoms with van der Waals surface area (Å²) in [6.45, 7) is 1.94. The monoisotopic (exact) mass is 221 g/mol. The van der Waals surface area contributed by atoms with Gasteiger partial charge in [-0.15, -0.1) is 0 Å². The number of carbonyl (C=O) groups excluding carboxylic acids is 1. The SMILES string of the molecule is CC(C(N)=O)=C(C1CCCC1)C1CCCC1. The Morgan fingerprint density at radius 3 is 1.62 bits per heavy atom. The Morgan fingerprint density at radius 2 is 1.31 bits per heavy atom. The van der Waals surface area contributed by atoms with Gasteiger partial charge in [-0.3, -0.25) is 4.79 Å². The van der Waals surface area contributed by atoms with Crippen molar-refractivity contribution in [3.63, 3.8) is 0 Å². The molecule has 0 bridgehead atoms. The summed E-state index contributed by atoms with van der Waals surface area (Å²) in [5, 5.41) is 0. The van der Waals surface area contributed by atoms with Gasteiger partial charge in [0.15, 0.2) is 0 Å². The first kappa shape index (κ1) is 11.7. The van der Waals surface area contributed by atoms with Crippen molar-refractivity contribution in [2.75, 3.05) is 0 Å². The Kier molecular flexibility index (Phi) is 3.67. The standard InChI is InChI=1S/C14H23NO/c1-10(14(15)16)13(11-6-2-3-7-11)12-8-4-5-9-12/h11-12H,2-9H2,1H3,(H2,15,16). The van der Waals surface area contributed by atoms with E-state index in [0.717, 1.165) is 5.57 Å². The molecule has 0 saturated heterocycles. The van der Waals surface area contributed by atoms with Gasteiger partial charge in [-0.2, -0.15) is 0 Å². The molecule has 2 aliphatic rings. The second kappa shape index (κ2) is 5.03. The van der Waals surface area contributed by atoms with E-state index in [-0.39, 0.29) is 5.91 Å². The summed E-state index contributed by atoms with van der Waals surface area (Å²) in [5.41, 5.74) is 7.78. The largest absolute Gasteiger partial charge is 0.366 e. The fourth-order valence-corrected chi connectivity index (χ4v) is 3.56. The van der Waals surface area contributed by atoms with Crippen molar-refractivity contribution >= 4 is 5.91 Å². The molecule has 2 rings (SSSR count). The van der Waals surface area contributed by atoms with E-state index in [2.05, 4.69) is 0 Å². The van der Waals surface area contributed by atoms with Gasteiger partial charge in [0.1, 0.15) is 0 Å². The second-order valence-corrected chi connectivity index (χ2v) is 5.41. The lowest BCUT2D eigenvalue weighted by molar-refractivity contribution is -0.114. The summed E-state index contributed by atoms with van der Waals surface area (Å²) in [5.74, 6) is 1.12. The minimum atomic E-state index is -0.200. The van der Waals surface area contributed by atoms with Crippen LogP contribution >= 0.6 is 0 Å². The molecule has 1 amide bonds. The Hall–Kier alpha value is -0.790. The van der Waals surface area contributed by atoms with Crippen LogP contribution in [0.25, 0.3) is 0 Å². The molecule has 2 aliphatic carbocycles. The van der Waals surface area contributed by atoms with Crippen LogP contribution in [0.15, 0.2) is 11.1 Å². The van der Waals surface area contributed by atoms with E-state index in [9.17, 15) is 4.79 Å². The molecule has 0 heterocycles. The van der Waals surface area contributed by atoms with Crippen molar-refractivity contribution in [2.45, 2.75) is 58.3 Å². The second-order valence-electron chi connectivity index (χ2n) is 5.41. The average Bonchev–Trinajstić information content (AvgIpc) is 2.89. The molecule has 2 N–H and O–H groups in total. The number of carbonyl (C=O) groups is 1. The predicted molar refractivity (Wildman–Crippen MR) is 65.8 cm³/mol. The summed E-state index contributed by atoms with van der Waals surface area (Å²) >= 11 is 0. The zero-order chi connectivity index (χ0) is 11.5. The summed E-state index contributed by atoms with van der Waals surface area (Å²) in [6.07, 6.45) is 10.4. The first-order valence-electron chi connectivity index (χ1n) is 6.70. The summed E-state index contributed by atoms with van der Waals surface area (Å²) in [6, 6.07) is 0. The molecular formula is C14H23NO. The van der Waals surface area contributed by atoms with Crippen molar-refractivity contribution in [2.24, 2.45) is 17.6 Å². The Morgan fingerprint density at radius 1 is 0.938 bits per heavy atom. The average molecular weight is 221 g/mol. The molecule has 90 valence electrons. The molecule has 2 saturated carbocycles. The lowest BCUT2D eigenvalue weighted by atomic mass is 9.82. The third kappa shape index (κ3) is 2.31. The van der Waals surface area contributed by atoms with Crippen LogP contribution < -0.4 is 5.73 Å². The molecule has 2 fully saturated rings. The van der Waals surface area contributed by atoms with Crippen LogP contribution in [0.1, 0.15) is 58.3 Å². The van der Waals surface area contributed by atoms with Crippen molar-refractivity contribution in [1.82, 2.24) is 0 Å². The maximum atomic E-state index is 11.4. The van der Waals surface area contributed by atoms with Crippen molar-refractivity contribution < 1.29 is 4.79 Å². The predicted octanol–water partition coefficient (Wildman–Crippen LogP) is 3.17. The van der Waals surface area contributed by atoms with Gasteiger partial charge >= 0.3 is 0 Å². The van der Waals surface area contributed by atoms with Gasteiger partial charge in [-0.1, -0.05) is 31.3 Å². The quantitative estimate of drug-likeness (QED) is 0.731. The summed E-state index contributed by atoms with van der Waals surface area (Å²) < 4.78 is 0. The molecule has 16 heavy (non-hydrogen) atoms. The highest BCUT2D eigenvalue weighted by Crippen LogP contribution is 2.42. The summed E-state index contributed by atoms with van der Waals surface area (Å²) in [4.78, 5) is 11.4. The van der Waals surface area contributed by atoms with Gasteiger partial charge in [-0.25, -0.2) is 0 Å². The van der Waals surface area contributed by atoms with E-state index in [1.807, 2.05) is 6.92 Å². The number of amides is 1. The highest BCUT2D eigenvalue weighted by molar-refractivity contribution is 5.92. The lowest BCUT2D eigenvalue weighted by Crippen LogP contribution is -2.19. The van der Waals surface area contributed by atoms with Crippen LogP contribution in [-0.4, -0.2) is 5.91 Å². The Bertz CT molecular complexity index is 276. The molecule has 2 nitrogen and oxygen atoms in total. The van der Waals surface area contributed by atoms with E-state index in [4.69, 9.17) is 5.73 Å². The topological polar surface area (TPSA) is 43.1 Å². The minimum Gasteiger partial charge on any atom is -0.366 e. The van der Waals surface area contributed by atoms with Crippen LogP contribution in [0, 0.1) is 11.8 Å². The molecule has 0 spiro atoms. The molecule has 0 unspecified atom stereocenters. The third-order valence-corrected chi connectivity index (χ3v) is 4.39. The third-order valence-electron chi connectivity index (χ3n) is 4.39. The van der Waals surface area contributed by atoms with Gasteiger partial charge in [0.25, 0.3) is 0 Å². The molecule has 0 radical (unpaired) electrons. The fraction of sp³-hybridized carbons (Fsp3) is 0.786. The van der Waals surface area contributed by atoms with Crippen LogP contribution in [0.3, 0.4) is 0 Å². The van der Waals surface area contributed by atoms with Crippen LogP contribution in [0.5, 0.6) is 0 Å². The highest BCUT2D eigenvalue weighted by atomic mass is 16.1. The molecule has 0 atom stereocenters. The zero-order valence-corrected chi connectivity index (χ0v) is 10.3. The van der Waals surface area contributed by atoms with Crippen molar-refractivity contribution in [3.8, 4) is 0 Å². The Labute approximate surface area is 98.3 Å². The Balaban J connectivity index is 2.24. The number of rotatable bonds is 3. The van der Waals surface area contributed by atoms with Crippen LogP contribution in [-0.2, 0) is 4.79 Å². The fourth-order valence-electron chi connectivity index (χ4n) is 3.56.